The molecule has 7 rings (SSSR count). The molecule has 0 atom stereocenters. The quantitative estimate of drug-likeness (QED) is 0.232. The van der Waals surface area contributed by atoms with Crippen molar-refractivity contribution in [2.75, 3.05) is 0 Å². The second-order valence-electron chi connectivity index (χ2n) is 10.3. The smallest absolute Gasteiger partial charge is 0.105 e. The van der Waals surface area contributed by atoms with Gasteiger partial charge in [-0.3, -0.25) is 0 Å². The van der Waals surface area contributed by atoms with Crippen LogP contribution in [-0.4, -0.2) is 4.57 Å². The lowest BCUT2D eigenvalue weighted by Gasteiger charge is -2.33. The zero-order valence-corrected chi connectivity index (χ0v) is 22.1. The van der Waals surface area contributed by atoms with Gasteiger partial charge in [-0.2, -0.15) is 15.8 Å². The Balaban J connectivity index is 1.70. The van der Waals surface area contributed by atoms with Gasteiger partial charge in [0, 0.05) is 37.8 Å². The largest absolute Gasteiger partial charge is 0.300 e. The van der Waals surface area contributed by atoms with Crippen LogP contribution in [0.15, 0.2) is 84.9 Å². The number of para-hydroxylation sites is 2. The first-order chi connectivity index (χ1) is 19.0. The maximum atomic E-state index is 10.2. The van der Waals surface area contributed by atoms with E-state index in [-0.39, 0.29) is 22.1 Å². The number of benzene rings is 4. The summed E-state index contributed by atoms with van der Waals surface area (Å²) < 4.78 is 2.38. The van der Waals surface area contributed by atoms with Gasteiger partial charge in [0.25, 0.3) is 0 Å². The molecule has 1 aliphatic rings. The Morgan fingerprint density at radius 2 is 1.44 bits per heavy atom. The second kappa shape index (κ2) is 8.17. The van der Waals surface area contributed by atoms with E-state index in [4.69, 9.17) is 0 Å². The van der Waals surface area contributed by atoms with Crippen molar-refractivity contribution in [3.05, 3.63) is 113 Å². The lowest BCUT2D eigenvalue weighted by Crippen LogP contribution is -2.25. The van der Waals surface area contributed by atoms with E-state index in [0.29, 0.717) is 5.56 Å². The van der Waals surface area contributed by atoms with Crippen molar-refractivity contribution in [2.24, 2.45) is 0 Å². The van der Waals surface area contributed by atoms with Crippen molar-refractivity contribution in [3.63, 3.8) is 0 Å². The van der Waals surface area contributed by atoms with E-state index in [1.807, 2.05) is 24.3 Å². The number of aromatic nitrogens is 1. The lowest BCUT2D eigenvalue weighted by atomic mass is 9.73. The average molecular weight is 517 g/mol. The van der Waals surface area contributed by atoms with E-state index in [0.717, 1.165) is 26.5 Å². The number of thiophene rings is 1. The summed E-state index contributed by atoms with van der Waals surface area (Å²) in [4.78, 5) is 0.926. The zero-order chi connectivity index (χ0) is 26.9. The second-order valence-corrected chi connectivity index (χ2v) is 11.3. The Morgan fingerprint density at radius 1 is 0.718 bits per heavy atom. The van der Waals surface area contributed by atoms with Crippen molar-refractivity contribution < 1.29 is 0 Å². The predicted octanol–water partition coefficient (Wildman–Crippen LogP) is 8.43. The van der Waals surface area contributed by atoms with Crippen molar-refractivity contribution in [1.82, 2.24) is 4.57 Å². The van der Waals surface area contributed by atoms with Crippen LogP contribution in [0.3, 0.4) is 0 Å². The summed E-state index contributed by atoms with van der Waals surface area (Å²) >= 11 is 1.65. The molecule has 0 N–H and O–H groups in total. The molecule has 182 valence electrons. The molecule has 0 aliphatic carbocycles. The highest BCUT2D eigenvalue weighted by molar-refractivity contribution is 7.19. The summed E-state index contributed by atoms with van der Waals surface area (Å²) in [6.07, 6.45) is 0. The summed E-state index contributed by atoms with van der Waals surface area (Å²) in [7, 11) is 0. The first-order valence-electron chi connectivity index (χ1n) is 12.6. The Kier molecular flexibility index (Phi) is 4.82. The number of hydrogen-bond donors (Lipinski definition) is 0. The van der Waals surface area contributed by atoms with Gasteiger partial charge in [-0.25, -0.2) is 0 Å². The third-order valence-corrected chi connectivity index (χ3v) is 9.15. The highest BCUT2D eigenvalue weighted by Gasteiger charge is 2.40. The van der Waals surface area contributed by atoms with Gasteiger partial charge < -0.3 is 4.57 Å². The molecule has 4 aromatic carbocycles. The molecule has 0 unspecified atom stereocenters. The molecular formula is C34H20N4S. The molecule has 0 amide bonds. The molecule has 4 nitrogen and oxygen atoms in total. The van der Waals surface area contributed by atoms with Gasteiger partial charge in [-0.05, 0) is 23.3 Å². The number of fused-ring (bicyclic) bond motifs is 5. The van der Waals surface area contributed by atoms with Crippen LogP contribution in [0.25, 0.3) is 48.4 Å². The summed E-state index contributed by atoms with van der Waals surface area (Å²) in [6.45, 7) is 4.55. The SMILES string of the molecule is CC1(C)c2c(sc(-c3ccc(C#N)c(C#N)c3C#N)c2-c2ccccc2)-n2c3ccccc3c3cccc1c32. The molecule has 0 bridgehead atoms. The Bertz CT molecular complexity index is 2120. The van der Waals surface area contributed by atoms with Crippen LogP contribution in [-0.2, 0) is 5.41 Å². The fraction of sp³-hybridized carbons (Fsp3) is 0.0882. The topological polar surface area (TPSA) is 76.3 Å². The van der Waals surface area contributed by atoms with Crippen LogP contribution < -0.4 is 0 Å². The molecule has 2 aromatic heterocycles. The molecule has 0 spiro atoms. The number of nitriles is 3. The normalized spacial score (nSPS) is 13.0. The van der Waals surface area contributed by atoms with E-state index < -0.39 is 0 Å². The minimum Gasteiger partial charge on any atom is -0.300 e. The fourth-order valence-corrected chi connectivity index (χ4v) is 7.75. The monoisotopic (exact) mass is 516 g/mol. The maximum Gasteiger partial charge on any atom is 0.105 e. The zero-order valence-electron chi connectivity index (χ0n) is 21.3. The van der Waals surface area contributed by atoms with Gasteiger partial charge in [-0.1, -0.05) is 86.6 Å². The molecule has 1 aliphatic heterocycles. The summed E-state index contributed by atoms with van der Waals surface area (Å²) in [6, 6.07) is 35.3. The van der Waals surface area contributed by atoms with Crippen LogP contribution in [0.5, 0.6) is 0 Å². The molecule has 5 heteroatoms. The molecule has 0 fully saturated rings. The maximum absolute atomic E-state index is 10.2. The van der Waals surface area contributed by atoms with E-state index in [1.54, 1.807) is 17.4 Å². The Labute approximate surface area is 229 Å². The lowest BCUT2D eigenvalue weighted by molar-refractivity contribution is 0.636. The van der Waals surface area contributed by atoms with Crippen LogP contribution in [0.1, 0.15) is 41.7 Å². The summed E-state index contributed by atoms with van der Waals surface area (Å²) in [5.41, 5.74) is 7.84. The van der Waals surface area contributed by atoms with Crippen LogP contribution >= 0.6 is 11.3 Å². The molecule has 0 saturated carbocycles. The fourth-order valence-electron chi connectivity index (χ4n) is 6.21. The van der Waals surface area contributed by atoms with Crippen LogP contribution in [0.4, 0.5) is 0 Å². The van der Waals surface area contributed by atoms with Crippen LogP contribution in [0.2, 0.25) is 0 Å². The molecule has 39 heavy (non-hydrogen) atoms. The van der Waals surface area contributed by atoms with E-state index in [1.165, 1.54) is 27.4 Å². The summed E-state index contributed by atoms with van der Waals surface area (Å²) in [5.74, 6) is 0. The van der Waals surface area contributed by atoms with E-state index >= 15 is 0 Å². The van der Waals surface area contributed by atoms with E-state index in [9.17, 15) is 15.8 Å². The van der Waals surface area contributed by atoms with Crippen molar-refractivity contribution in [2.45, 2.75) is 19.3 Å². The van der Waals surface area contributed by atoms with Crippen LogP contribution in [0, 0.1) is 34.0 Å². The van der Waals surface area contributed by atoms with Crippen molar-refractivity contribution in [1.29, 1.82) is 15.8 Å². The minimum atomic E-state index is -0.337. The molecular weight excluding hydrogens is 496 g/mol. The van der Waals surface area contributed by atoms with Crippen molar-refractivity contribution in [3.8, 4) is 44.8 Å². The van der Waals surface area contributed by atoms with Gasteiger partial charge in [0.2, 0.25) is 0 Å². The highest BCUT2D eigenvalue weighted by atomic mass is 32.1. The highest BCUT2D eigenvalue weighted by Crippen LogP contribution is 2.57. The molecule has 0 saturated heterocycles. The average Bonchev–Trinajstić information content (AvgIpc) is 3.53. The van der Waals surface area contributed by atoms with Gasteiger partial charge in [0.05, 0.1) is 27.7 Å². The first kappa shape index (κ1) is 23.0. The minimum absolute atomic E-state index is 0.124. The number of hydrogen-bond acceptors (Lipinski definition) is 4. The molecule has 0 radical (unpaired) electrons. The van der Waals surface area contributed by atoms with E-state index in [2.05, 4.69) is 91.2 Å². The number of rotatable bonds is 2. The third kappa shape index (κ3) is 2.96. The summed E-state index contributed by atoms with van der Waals surface area (Å²) in [5, 5.41) is 33.3. The Morgan fingerprint density at radius 3 is 2.18 bits per heavy atom. The third-order valence-electron chi connectivity index (χ3n) is 7.94. The molecule has 6 aromatic rings. The van der Waals surface area contributed by atoms with Gasteiger partial charge in [0.15, 0.2) is 0 Å². The van der Waals surface area contributed by atoms with Gasteiger partial charge in [-0.15, -0.1) is 11.3 Å². The Hall–Kier alpha value is -5.15. The number of nitrogens with zero attached hydrogens (tertiary/aromatic N) is 4. The first-order valence-corrected chi connectivity index (χ1v) is 13.5. The van der Waals surface area contributed by atoms with Crippen molar-refractivity contribution >= 4 is 33.1 Å². The molecule has 3 heterocycles. The van der Waals surface area contributed by atoms with Gasteiger partial charge >= 0.3 is 0 Å². The predicted molar refractivity (Wildman–Crippen MR) is 156 cm³/mol. The standard InChI is InChI=1S/C34H20N4S/c1-34(2)27-13-8-12-23-22-11-6-7-14-28(22)38(31(23)27)33-30(34)29(20-9-4-3-5-10-20)32(39-33)24-16-15-21(17-35)25(18-36)26(24)19-37/h3-16H,1-2H3. The van der Waals surface area contributed by atoms with Gasteiger partial charge in [0.1, 0.15) is 23.2 Å².